The third kappa shape index (κ3) is 8.52. The van der Waals surface area contributed by atoms with Crippen LogP contribution in [-0.4, -0.2) is 40.6 Å². The summed E-state index contributed by atoms with van der Waals surface area (Å²) >= 11 is 0. The fourth-order valence-corrected chi connectivity index (χ4v) is 3.36. The Labute approximate surface area is 179 Å². The van der Waals surface area contributed by atoms with E-state index in [9.17, 15) is 8.42 Å². The molecule has 0 amide bonds. The Balaban J connectivity index is 1.72. The predicted molar refractivity (Wildman–Crippen MR) is 121 cm³/mol. The molecule has 30 heavy (non-hydrogen) atoms. The first-order valence-electron chi connectivity index (χ1n) is 10.2. The number of ether oxygens (including phenoxy) is 1. The summed E-state index contributed by atoms with van der Waals surface area (Å²) < 4.78 is 28.5. The quantitative estimate of drug-likeness (QED) is 0.288. The number of nitrogens with zero attached hydrogens (tertiary/aromatic N) is 1. The molecule has 0 heterocycles. The molecule has 0 fully saturated rings. The van der Waals surface area contributed by atoms with Crippen molar-refractivity contribution in [2.24, 2.45) is 10.1 Å². The van der Waals surface area contributed by atoms with Crippen molar-refractivity contribution in [1.29, 1.82) is 0 Å². The summed E-state index contributed by atoms with van der Waals surface area (Å²) in [7, 11) is -3.65. The highest BCUT2D eigenvalue weighted by Crippen LogP contribution is 2.15. The lowest BCUT2D eigenvalue weighted by Crippen LogP contribution is -2.38. The SMILES string of the molecule is CCNC(=NCCCOC(C)c1ccccc1)NCCc1ccc(S(N)(=O)=O)cc1. The van der Waals surface area contributed by atoms with Gasteiger partial charge in [-0.05, 0) is 49.9 Å². The van der Waals surface area contributed by atoms with E-state index >= 15 is 0 Å². The van der Waals surface area contributed by atoms with Crippen LogP contribution < -0.4 is 15.8 Å². The molecular formula is C22H32N4O3S. The van der Waals surface area contributed by atoms with E-state index < -0.39 is 10.0 Å². The minimum absolute atomic E-state index is 0.0715. The van der Waals surface area contributed by atoms with Crippen LogP contribution in [0.2, 0.25) is 0 Å². The largest absolute Gasteiger partial charge is 0.374 e. The number of aliphatic imine (C=N–C) groups is 1. The fraction of sp³-hybridized carbons (Fsp3) is 0.409. The first kappa shape index (κ1) is 23.9. The van der Waals surface area contributed by atoms with E-state index in [1.54, 1.807) is 12.1 Å². The molecule has 2 aromatic carbocycles. The van der Waals surface area contributed by atoms with Gasteiger partial charge in [-0.1, -0.05) is 42.5 Å². The second-order valence-electron chi connectivity index (χ2n) is 6.90. The lowest BCUT2D eigenvalue weighted by molar-refractivity contribution is 0.0652. The summed E-state index contributed by atoms with van der Waals surface area (Å²) in [5, 5.41) is 11.6. The minimum atomic E-state index is -3.65. The molecule has 0 bridgehead atoms. The van der Waals surface area contributed by atoms with Gasteiger partial charge in [0.1, 0.15) is 0 Å². The van der Waals surface area contributed by atoms with Gasteiger partial charge in [0.05, 0.1) is 11.0 Å². The molecule has 0 aliphatic rings. The van der Waals surface area contributed by atoms with Crippen LogP contribution in [0.1, 0.15) is 37.5 Å². The molecule has 164 valence electrons. The van der Waals surface area contributed by atoms with Crippen LogP contribution in [0, 0.1) is 0 Å². The van der Waals surface area contributed by atoms with Gasteiger partial charge in [0.15, 0.2) is 5.96 Å². The molecular weight excluding hydrogens is 400 g/mol. The molecule has 0 aromatic heterocycles. The standard InChI is InChI=1S/C22H32N4O3S/c1-3-24-22(25-15-7-17-29-18(2)20-8-5-4-6-9-20)26-16-14-19-10-12-21(13-11-19)30(23,27)28/h4-6,8-13,18H,3,7,14-17H2,1-2H3,(H2,23,27,28)(H2,24,25,26). The summed E-state index contributed by atoms with van der Waals surface area (Å²) in [5.74, 6) is 0.759. The van der Waals surface area contributed by atoms with Crippen LogP contribution in [0.25, 0.3) is 0 Å². The molecule has 0 saturated heterocycles. The van der Waals surface area contributed by atoms with Gasteiger partial charge in [-0.2, -0.15) is 0 Å². The van der Waals surface area contributed by atoms with Crippen LogP contribution in [0.4, 0.5) is 0 Å². The third-order valence-corrected chi connectivity index (χ3v) is 5.44. The van der Waals surface area contributed by atoms with Gasteiger partial charge in [0.25, 0.3) is 0 Å². The molecule has 0 saturated carbocycles. The van der Waals surface area contributed by atoms with E-state index in [1.807, 2.05) is 25.1 Å². The molecule has 8 heteroatoms. The van der Waals surface area contributed by atoms with Crippen molar-refractivity contribution in [3.8, 4) is 0 Å². The highest BCUT2D eigenvalue weighted by atomic mass is 32.2. The van der Waals surface area contributed by atoms with Crippen LogP contribution in [0.3, 0.4) is 0 Å². The number of guanidine groups is 1. The van der Waals surface area contributed by atoms with Crippen molar-refractivity contribution in [3.63, 3.8) is 0 Å². The molecule has 1 atom stereocenters. The van der Waals surface area contributed by atoms with Gasteiger partial charge in [-0.15, -0.1) is 0 Å². The van der Waals surface area contributed by atoms with Gasteiger partial charge in [0.2, 0.25) is 10.0 Å². The predicted octanol–water partition coefficient (Wildman–Crippen LogP) is 2.60. The molecule has 0 radical (unpaired) electrons. The number of nitrogens with two attached hydrogens (primary N) is 1. The number of benzene rings is 2. The summed E-state index contributed by atoms with van der Waals surface area (Å²) in [6.07, 6.45) is 1.65. The monoisotopic (exact) mass is 432 g/mol. The van der Waals surface area contributed by atoms with Gasteiger partial charge < -0.3 is 15.4 Å². The zero-order valence-corrected chi connectivity index (χ0v) is 18.5. The van der Waals surface area contributed by atoms with Crippen LogP contribution in [0.15, 0.2) is 64.5 Å². The molecule has 4 N–H and O–H groups in total. The molecule has 2 rings (SSSR count). The normalized spacial score (nSPS) is 13.1. The summed E-state index contributed by atoms with van der Waals surface area (Å²) in [4.78, 5) is 4.70. The number of hydrogen-bond donors (Lipinski definition) is 3. The highest BCUT2D eigenvalue weighted by Gasteiger charge is 2.07. The van der Waals surface area contributed by atoms with Gasteiger partial charge in [0, 0.05) is 26.2 Å². The zero-order valence-electron chi connectivity index (χ0n) is 17.7. The van der Waals surface area contributed by atoms with Crippen LogP contribution in [0.5, 0.6) is 0 Å². The maximum Gasteiger partial charge on any atom is 0.238 e. The number of rotatable bonds is 11. The van der Waals surface area contributed by atoms with E-state index in [-0.39, 0.29) is 11.0 Å². The fourth-order valence-electron chi connectivity index (χ4n) is 2.85. The van der Waals surface area contributed by atoms with Gasteiger partial charge in [-0.3, -0.25) is 4.99 Å². The summed E-state index contributed by atoms with van der Waals surface area (Å²) in [6, 6.07) is 16.8. The number of sulfonamides is 1. The average Bonchev–Trinajstić information content (AvgIpc) is 2.73. The minimum Gasteiger partial charge on any atom is -0.374 e. The van der Waals surface area contributed by atoms with Crippen molar-refractivity contribution in [2.75, 3.05) is 26.2 Å². The lowest BCUT2D eigenvalue weighted by atomic mass is 10.1. The Bertz CT molecular complexity index is 884. The van der Waals surface area contributed by atoms with Crippen LogP contribution >= 0.6 is 0 Å². The first-order chi connectivity index (χ1) is 14.4. The number of hydrogen-bond acceptors (Lipinski definition) is 4. The Kier molecular flexibility index (Phi) is 9.79. The maximum atomic E-state index is 11.3. The van der Waals surface area contributed by atoms with E-state index in [2.05, 4.69) is 34.7 Å². The second kappa shape index (κ2) is 12.3. The lowest BCUT2D eigenvalue weighted by Gasteiger charge is -2.13. The Hall–Kier alpha value is -2.42. The van der Waals surface area contributed by atoms with Crippen molar-refractivity contribution in [1.82, 2.24) is 10.6 Å². The van der Waals surface area contributed by atoms with E-state index in [0.29, 0.717) is 19.7 Å². The number of nitrogens with one attached hydrogen (secondary N) is 2. The van der Waals surface area contributed by atoms with Crippen molar-refractivity contribution in [3.05, 3.63) is 65.7 Å². The molecule has 0 aliphatic carbocycles. The molecule has 0 aliphatic heterocycles. The number of primary sulfonamides is 1. The summed E-state index contributed by atoms with van der Waals surface area (Å²) in [5.41, 5.74) is 2.20. The van der Waals surface area contributed by atoms with Gasteiger partial charge in [-0.25, -0.2) is 13.6 Å². The second-order valence-corrected chi connectivity index (χ2v) is 8.47. The van der Waals surface area contributed by atoms with Crippen molar-refractivity contribution < 1.29 is 13.2 Å². The Morgan fingerprint density at radius 3 is 2.43 bits per heavy atom. The molecule has 2 aromatic rings. The van der Waals surface area contributed by atoms with E-state index in [4.69, 9.17) is 9.88 Å². The van der Waals surface area contributed by atoms with Crippen molar-refractivity contribution >= 4 is 16.0 Å². The smallest absolute Gasteiger partial charge is 0.238 e. The Morgan fingerprint density at radius 1 is 1.10 bits per heavy atom. The third-order valence-electron chi connectivity index (χ3n) is 4.51. The average molecular weight is 433 g/mol. The molecule has 1 unspecified atom stereocenters. The van der Waals surface area contributed by atoms with Gasteiger partial charge >= 0.3 is 0 Å². The highest BCUT2D eigenvalue weighted by molar-refractivity contribution is 7.89. The molecule has 0 spiro atoms. The van der Waals surface area contributed by atoms with E-state index in [0.717, 1.165) is 30.9 Å². The topological polar surface area (TPSA) is 106 Å². The van der Waals surface area contributed by atoms with Crippen LogP contribution in [-0.2, 0) is 21.2 Å². The first-order valence-corrected chi connectivity index (χ1v) is 11.7. The van der Waals surface area contributed by atoms with E-state index in [1.165, 1.54) is 17.7 Å². The summed E-state index contributed by atoms with van der Waals surface area (Å²) in [6.45, 7) is 6.85. The molecule has 7 nitrogen and oxygen atoms in total. The zero-order chi connectivity index (χ0) is 21.8. The maximum absolute atomic E-state index is 11.3. The Morgan fingerprint density at radius 2 is 1.80 bits per heavy atom. The van der Waals surface area contributed by atoms with Crippen molar-refractivity contribution in [2.45, 2.75) is 37.7 Å².